The van der Waals surface area contributed by atoms with Crippen molar-refractivity contribution in [1.29, 1.82) is 0 Å². The fourth-order valence-corrected chi connectivity index (χ4v) is 3.08. The number of ether oxygens (including phenoxy) is 1. The molecule has 0 radical (unpaired) electrons. The first-order chi connectivity index (χ1) is 10.3. The lowest BCUT2D eigenvalue weighted by Crippen LogP contribution is -2.21. The highest BCUT2D eigenvalue weighted by Gasteiger charge is 2.20. The Morgan fingerprint density at radius 2 is 2.24 bits per heavy atom. The molecule has 1 aromatic heterocycles. The Morgan fingerprint density at radius 1 is 1.33 bits per heavy atom. The average Bonchev–Trinajstić information content (AvgIpc) is 2.83. The van der Waals surface area contributed by atoms with Crippen molar-refractivity contribution in [3.63, 3.8) is 0 Å². The Labute approximate surface area is 132 Å². The zero-order chi connectivity index (χ0) is 14.7. The molecule has 1 aliphatic heterocycles. The zero-order valence-electron chi connectivity index (χ0n) is 11.9. The molecule has 5 nitrogen and oxygen atoms in total. The molecule has 112 valence electrons. The van der Waals surface area contributed by atoms with Crippen LogP contribution in [0.2, 0.25) is 0 Å². The van der Waals surface area contributed by atoms with Gasteiger partial charge >= 0.3 is 0 Å². The van der Waals surface area contributed by atoms with Gasteiger partial charge in [-0.1, -0.05) is 18.0 Å². The van der Waals surface area contributed by atoms with Gasteiger partial charge in [0.15, 0.2) is 5.82 Å². The number of aromatic nitrogens is 2. The van der Waals surface area contributed by atoms with Gasteiger partial charge in [-0.25, -0.2) is 0 Å². The molecule has 1 N–H and O–H groups in total. The van der Waals surface area contributed by atoms with Gasteiger partial charge in [-0.15, -0.1) is 0 Å². The summed E-state index contributed by atoms with van der Waals surface area (Å²) in [5.41, 5.74) is 0.884. The van der Waals surface area contributed by atoms with E-state index in [1.165, 1.54) is 19.3 Å². The van der Waals surface area contributed by atoms with Crippen LogP contribution in [-0.2, 0) is 0 Å². The maximum absolute atomic E-state index is 5.41. The van der Waals surface area contributed by atoms with E-state index in [4.69, 9.17) is 9.26 Å². The number of hydrogen-bond acceptors (Lipinski definition) is 5. The van der Waals surface area contributed by atoms with E-state index in [-0.39, 0.29) is 6.04 Å². The zero-order valence-corrected chi connectivity index (χ0v) is 13.5. The van der Waals surface area contributed by atoms with Crippen LogP contribution in [-0.4, -0.2) is 23.8 Å². The number of halogens is 1. The molecule has 0 saturated carbocycles. The van der Waals surface area contributed by atoms with Crippen molar-refractivity contribution in [2.24, 2.45) is 0 Å². The predicted molar refractivity (Wildman–Crippen MR) is 83.2 cm³/mol. The maximum Gasteiger partial charge on any atom is 0.258 e. The summed E-state index contributed by atoms with van der Waals surface area (Å²) in [6, 6.07) is 5.93. The van der Waals surface area contributed by atoms with Gasteiger partial charge < -0.3 is 14.6 Å². The van der Waals surface area contributed by atoms with E-state index in [1.807, 2.05) is 18.2 Å². The molecular formula is C15H18BrN3O2. The Hall–Kier alpha value is -1.40. The van der Waals surface area contributed by atoms with E-state index in [9.17, 15) is 0 Å². The maximum atomic E-state index is 5.41. The van der Waals surface area contributed by atoms with Crippen LogP contribution < -0.4 is 10.1 Å². The van der Waals surface area contributed by atoms with Gasteiger partial charge in [0.2, 0.25) is 0 Å². The quantitative estimate of drug-likeness (QED) is 0.913. The normalized spacial score (nSPS) is 19.2. The van der Waals surface area contributed by atoms with Gasteiger partial charge in [0, 0.05) is 5.56 Å². The molecular weight excluding hydrogens is 334 g/mol. The first kappa shape index (κ1) is 14.5. The summed E-state index contributed by atoms with van der Waals surface area (Å²) >= 11 is 3.47. The van der Waals surface area contributed by atoms with Crippen molar-refractivity contribution in [3.05, 3.63) is 28.5 Å². The van der Waals surface area contributed by atoms with E-state index in [2.05, 4.69) is 31.4 Å². The SMILES string of the molecule is COc1ccc(-c2nc(C3CCCCCN3)no2)cc1Br. The second-order valence-corrected chi connectivity index (χ2v) is 6.02. The van der Waals surface area contributed by atoms with Gasteiger partial charge in [0.1, 0.15) is 5.75 Å². The van der Waals surface area contributed by atoms with Gasteiger partial charge in [-0.2, -0.15) is 4.98 Å². The first-order valence-electron chi connectivity index (χ1n) is 7.19. The highest BCUT2D eigenvalue weighted by atomic mass is 79.9. The fourth-order valence-electron chi connectivity index (χ4n) is 2.54. The van der Waals surface area contributed by atoms with Crippen LogP contribution in [0.15, 0.2) is 27.2 Å². The molecule has 0 spiro atoms. The average molecular weight is 352 g/mol. The fraction of sp³-hybridized carbons (Fsp3) is 0.467. The summed E-state index contributed by atoms with van der Waals surface area (Å²) in [5.74, 6) is 2.07. The van der Waals surface area contributed by atoms with E-state index >= 15 is 0 Å². The second-order valence-electron chi connectivity index (χ2n) is 5.16. The van der Waals surface area contributed by atoms with Crippen LogP contribution in [0.25, 0.3) is 11.5 Å². The van der Waals surface area contributed by atoms with E-state index in [0.717, 1.165) is 34.6 Å². The van der Waals surface area contributed by atoms with Crippen molar-refractivity contribution in [2.45, 2.75) is 31.7 Å². The third-order valence-electron chi connectivity index (χ3n) is 3.71. The lowest BCUT2D eigenvalue weighted by molar-refractivity contribution is 0.402. The summed E-state index contributed by atoms with van der Waals surface area (Å²) in [4.78, 5) is 4.54. The largest absolute Gasteiger partial charge is 0.496 e. The molecule has 21 heavy (non-hydrogen) atoms. The summed E-state index contributed by atoms with van der Waals surface area (Å²) in [6.07, 6.45) is 4.74. The number of hydrogen-bond donors (Lipinski definition) is 1. The second kappa shape index (κ2) is 6.58. The molecule has 6 heteroatoms. The molecule has 2 aromatic rings. The highest BCUT2D eigenvalue weighted by Crippen LogP contribution is 2.30. The number of nitrogens with zero attached hydrogens (tertiary/aromatic N) is 2. The summed E-state index contributed by atoms with van der Waals surface area (Å²) in [6.45, 7) is 1.02. The summed E-state index contributed by atoms with van der Waals surface area (Å²) < 4.78 is 11.5. The van der Waals surface area contributed by atoms with Crippen molar-refractivity contribution < 1.29 is 9.26 Å². The van der Waals surface area contributed by atoms with Crippen molar-refractivity contribution >= 4 is 15.9 Å². The summed E-state index contributed by atoms with van der Waals surface area (Å²) in [5, 5.41) is 7.61. The number of methoxy groups -OCH3 is 1. The number of nitrogens with one attached hydrogen (secondary N) is 1. The molecule has 1 atom stereocenters. The van der Waals surface area contributed by atoms with Crippen LogP contribution in [0.1, 0.15) is 37.5 Å². The Balaban J connectivity index is 1.82. The Kier molecular flexibility index (Phi) is 4.55. The number of benzene rings is 1. The Morgan fingerprint density at radius 3 is 3.05 bits per heavy atom. The minimum atomic E-state index is 0.201. The third kappa shape index (κ3) is 3.27. The molecule has 0 aliphatic carbocycles. The van der Waals surface area contributed by atoms with Gasteiger partial charge in [-0.05, 0) is 53.5 Å². The highest BCUT2D eigenvalue weighted by molar-refractivity contribution is 9.10. The van der Waals surface area contributed by atoms with Crippen LogP contribution in [0.5, 0.6) is 5.75 Å². The molecule has 1 fully saturated rings. The van der Waals surface area contributed by atoms with Crippen LogP contribution in [0, 0.1) is 0 Å². The minimum Gasteiger partial charge on any atom is -0.496 e. The molecule has 1 saturated heterocycles. The standard InChI is InChI=1S/C15H18BrN3O2/c1-20-13-7-6-10(9-11(13)16)15-18-14(19-21-15)12-5-3-2-4-8-17-12/h6-7,9,12,17H,2-5,8H2,1H3. The molecule has 0 amide bonds. The molecule has 2 heterocycles. The molecule has 1 aromatic carbocycles. The van der Waals surface area contributed by atoms with Crippen molar-refractivity contribution in [2.75, 3.05) is 13.7 Å². The lowest BCUT2D eigenvalue weighted by Gasteiger charge is -2.09. The molecule has 1 unspecified atom stereocenters. The topological polar surface area (TPSA) is 60.2 Å². The van der Waals surface area contributed by atoms with Crippen LogP contribution in [0.4, 0.5) is 0 Å². The van der Waals surface area contributed by atoms with E-state index < -0.39 is 0 Å². The summed E-state index contributed by atoms with van der Waals surface area (Å²) in [7, 11) is 1.64. The van der Waals surface area contributed by atoms with Crippen LogP contribution in [0.3, 0.4) is 0 Å². The minimum absolute atomic E-state index is 0.201. The van der Waals surface area contributed by atoms with E-state index in [1.54, 1.807) is 7.11 Å². The monoisotopic (exact) mass is 351 g/mol. The van der Waals surface area contributed by atoms with Crippen LogP contribution >= 0.6 is 15.9 Å². The van der Waals surface area contributed by atoms with Crippen molar-refractivity contribution in [3.8, 4) is 17.2 Å². The first-order valence-corrected chi connectivity index (χ1v) is 7.98. The molecule has 0 bridgehead atoms. The van der Waals surface area contributed by atoms with Crippen molar-refractivity contribution in [1.82, 2.24) is 15.5 Å². The third-order valence-corrected chi connectivity index (χ3v) is 4.33. The Bertz CT molecular complexity index is 607. The van der Waals surface area contributed by atoms with Gasteiger partial charge in [0.05, 0.1) is 17.6 Å². The lowest BCUT2D eigenvalue weighted by atomic mass is 10.1. The smallest absolute Gasteiger partial charge is 0.258 e. The van der Waals surface area contributed by atoms with Gasteiger partial charge in [-0.3, -0.25) is 0 Å². The van der Waals surface area contributed by atoms with E-state index in [0.29, 0.717) is 5.89 Å². The molecule has 1 aliphatic rings. The molecule has 3 rings (SSSR count). The predicted octanol–water partition coefficient (Wildman–Crippen LogP) is 3.71. The van der Waals surface area contributed by atoms with Gasteiger partial charge in [0.25, 0.3) is 5.89 Å². The number of rotatable bonds is 3.